The summed E-state index contributed by atoms with van der Waals surface area (Å²) in [4.78, 5) is 34.8. The number of nitrogens with zero attached hydrogens (tertiary/aromatic N) is 1. The molecule has 0 saturated heterocycles. The first kappa shape index (κ1) is 19.5. The molecule has 23 heavy (non-hydrogen) atoms. The van der Waals surface area contributed by atoms with Crippen molar-refractivity contribution >= 4 is 29.1 Å². The molecule has 0 aromatic carbocycles. The third-order valence-corrected chi connectivity index (χ3v) is 3.90. The van der Waals surface area contributed by atoms with Crippen LogP contribution in [-0.2, 0) is 29.9 Å². The highest BCUT2D eigenvalue weighted by atomic mass is 32.2. The summed E-state index contributed by atoms with van der Waals surface area (Å²) in [5.74, 6) is -1.16. The highest BCUT2D eigenvalue weighted by molar-refractivity contribution is 7.74. The number of amides is 2. The van der Waals surface area contributed by atoms with Crippen molar-refractivity contribution in [1.29, 1.82) is 0 Å². The Hall–Kier alpha value is -1.54. The Labute approximate surface area is 138 Å². The van der Waals surface area contributed by atoms with Crippen molar-refractivity contribution in [1.82, 2.24) is 4.90 Å². The Balaban J connectivity index is 1.87. The molecule has 0 saturated carbocycles. The van der Waals surface area contributed by atoms with Crippen molar-refractivity contribution < 1.29 is 27.3 Å². The van der Waals surface area contributed by atoms with Crippen LogP contribution < -0.4 is 0 Å². The van der Waals surface area contributed by atoms with Gasteiger partial charge in [-0.15, -0.1) is 0 Å². The lowest BCUT2D eigenvalue weighted by molar-refractivity contribution is -0.137. The molecule has 130 valence electrons. The van der Waals surface area contributed by atoms with Crippen LogP contribution in [0, 0.1) is 0 Å². The average molecular weight is 344 g/mol. The maximum Gasteiger partial charge on any atom is 0.319 e. The van der Waals surface area contributed by atoms with Gasteiger partial charge in [0.1, 0.15) is 11.4 Å². The number of unbranched alkanes of at least 4 members (excludes halogenated alkanes) is 7. The van der Waals surface area contributed by atoms with Gasteiger partial charge in [-0.05, 0) is 12.8 Å². The van der Waals surface area contributed by atoms with Crippen LogP contribution in [0.3, 0.4) is 0 Å². The lowest BCUT2D eigenvalue weighted by atomic mass is 10.1. The SMILES string of the molecule is O=C(CCCCCCCCCCN1C(=O)C=CC1=O)OS(=O)[O-]. The molecule has 1 heterocycles. The molecule has 0 bridgehead atoms. The fourth-order valence-electron chi connectivity index (χ4n) is 2.37. The van der Waals surface area contributed by atoms with Crippen molar-refractivity contribution in [3.05, 3.63) is 12.2 Å². The lowest BCUT2D eigenvalue weighted by Gasteiger charge is -2.12. The molecular weight excluding hydrogens is 322 g/mol. The van der Waals surface area contributed by atoms with Gasteiger partial charge in [-0.25, -0.2) is 4.21 Å². The minimum Gasteiger partial charge on any atom is -0.740 e. The van der Waals surface area contributed by atoms with Gasteiger partial charge in [-0.2, -0.15) is 0 Å². The van der Waals surface area contributed by atoms with E-state index in [9.17, 15) is 23.1 Å². The van der Waals surface area contributed by atoms with Crippen LogP contribution in [-0.4, -0.2) is 38.0 Å². The fourth-order valence-corrected chi connectivity index (χ4v) is 2.60. The molecular formula is C15H22NO6S-. The van der Waals surface area contributed by atoms with Gasteiger partial charge in [0.05, 0.1) is 0 Å². The maximum absolute atomic E-state index is 11.3. The summed E-state index contributed by atoms with van der Waals surface area (Å²) in [5, 5.41) is 0. The maximum atomic E-state index is 11.3. The monoisotopic (exact) mass is 344 g/mol. The van der Waals surface area contributed by atoms with E-state index in [-0.39, 0.29) is 18.2 Å². The van der Waals surface area contributed by atoms with Crippen LogP contribution >= 0.6 is 0 Å². The number of imide groups is 1. The van der Waals surface area contributed by atoms with E-state index in [1.54, 1.807) is 0 Å². The molecule has 7 nitrogen and oxygen atoms in total. The van der Waals surface area contributed by atoms with Gasteiger partial charge in [0, 0.05) is 25.1 Å². The van der Waals surface area contributed by atoms with E-state index >= 15 is 0 Å². The molecule has 0 aromatic rings. The van der Waals surface area contributed by atoms with Crippen LogP contribution in [0.25, 0.3) is 0 Å². The Morgan fingerprint density at radius 2 is 1.43 bits per heavy atom. The van der Waals surface area contributed by atoms with Crippen LogP contribution in [0.1, 0.15) is 57.8 Å². The summed E-state index contributed by atoms with van der Waals surface area (Å²) in [6.07, 6.45) is 10.1. The predicted octanol–water partition coefficient (Wildman–Crippen LogP) is 1.76. The molecule has 0 spiro atoms. The average Bonchev–Trinajstić information content (AvgIpc) is 2.79. The number of carbonyl (C=O) groups is 3. The van der Waals surface area contributed by atoms with Crippen molar-refractivity contribution in [2.45, 2.75) is 57.8 Å². The first-order chi connectivity index (χ1) is 11.0. The molecule has 8 heteroatoms. The zero-order valence-electron chi connectivity index (χ0n) is 13.0. The first-order valence-electron chi connectivity index (χ1n) is 7.84. The van der Waals surface area contributed by atoms with Gasteiger partial charge >= 0.3 is 5.97 Å². The minimum atomic E-state index is -2.76. The molecule has 0 N–H and O–H groups in total. The minimum absolute atomic E-state index is 0.125. The van der Waals surface area contributed by atoms with Gasteiger partial charge in [-0.3, -0.25) is 19.3 Å². The first-order valence-corrected chi connectivity index (χ1v) is 8.84. The quantitative estimate of drug-likeness (QED) is 0.303. The second-order valence-electron chi connectivity index (χ2n) is 5.40. The van der Waals surface area contributed by atoms with E-state index in [0.29, 0.717) is 13.0 Å². The Morgan fingerprint density at radius 1 is 0.957 bits per heavy atom. The Kier molecular flexibility index (Phi) is 9.39. The molecule has 2 amide bonds. The normalized spacial score (nSPS) is 15.3. The molecule has 0 aromatic heterocycles. The zero-order chi connectivity index (χ0) is 17.1. The van der Waals surface area contributed by atoms with Crippen LogP contribution in [0.2, 0.25) is 0 Å². The topological polar surface area (TPSA) is 104 Å². The second-order valence-corrected chi connectivity index (χ2v) is 5.97. The number of rotatable bonds is 12. The van der Waals surface area contributed by atoms with E-state index in [2.05, 4.69) is 4.18 Å². The molecule has 0 fully saturated rings. The van der Waals surface area contributed by atoms with Gasteiger partial charge in [-0.1, -0.05) is 38.5 Å². The number of hydrogen-bond acceptors (Lipinski definition) is 6. The van der Waals surface area contributed by atoms with Gasteiger partial charge in [0.25, 0.3) is 11.8 Å². The molecule has 1 aliphatic heterocycles. The molecule has 1 unspecified atom stereocenters. The third kappa shape index (κ3) is 8.61. The van der Waals surface area contributed by atoms with Gasteiger partial charge in [0.2, 0.25) is 0 Å². The summed E-state index contributed by atoms with van der Waals surface area (Å²) >= 11 is -2.76. The summed E-state index contributed by atoms with van der Waals surface area (Å²) in [5.41, 5.74) is 0. The largest absolute Gasteiger partial charge is 0.740 e. The number of hydrogen-bond donors (Lipinski definition) is 0. The summed E-state index contributed by atoms with van der Waals surface area (Å²) < 4.78 is 24.2. The van der Waals surface area contributed by atoms with Crippen LogP contribution in [0.15, 0.2) is 12.2 Å². The van der Waals surface area contributed by atoms with Gasteiger partial charge in [0.15, 0.2) is 0 Å². The summed E-state index contributed by atoms with van der Waals surface area (Å²) in [6, 6.07) is 0. The second kappa shape index (κ2) is 11.1. The van der Waals surface area contributed by atoms with E-state index < -0.39 is 17.3 Å². The van der Waals surface area contributed by atoms with Crippen LogP contribution in [0.5, 0.6) is 0 Å². The zero-order valence-corrected chi connectivity index (χ0v) is 13.8. The molecule has 1 rings (SSSR count). The molecule has 0 radical (unpaired) electrons. The highest BCUT2D eigenvalue weighted by Gasteiger charge is 2.21. The fraction of sp³-hybridized carbons (Fsp3) is 0.667. The van der Waals surface area contributed by atoms with Crippen molar-refractivity contribution in [2.24, 2.45) is 0 Å². The van der Waals surface area contributed by atoms with Crippen molar-refractivity contribution in [3.63, 3.8) is 0 Å². The molecule has 1 aliphatic rings. The predicted molar refractivity (Wildman–Crippen MR) is 82.4 cm³/mol. The lowest BCUT2D eigenvalue weighted by Crippen LogP contribution is -2.30. The van der Waals surface area contributed by atoms with Crippen molar-refractivity contribution in [3.8, 4) is 0 Å². The van der Waals surface area contributed by atoms with E-state index in [0.717, 1.165) is 44.9 Å². The Bertz CT molecular complexity index is 459. The summed E-state index contributed by atoms with van der Waals surface area (Å²) in [6.45, 7) is 0.480. The van der Waals surface area contributed by atoms with Crippen molar-refractivity contribution in [2.75, 3.05) is 6.54 Å². The summed E-state index contributed by atoms with van der Waals surface area (Å²) in [7, 11) is 0. The molecule has 0 aliphatic carbocycles. The Morgan fingerprint density at radius 3 is 1.96 bits per heavy atom. The van der Waals surface area contributed by atoms with E-state index in [4.69, 9.17) is 0 Å². The smallest absolute Gasteiger partial charge is 0.319 e. The van der Waals surface area contributed by atoms with Gasteiger partial charge < -0.3 is 8.74 Å². The van der Waals surface area contributed by atoms with E-state index in [1.165, 1.54) is 17.1 Å². The van der Waals surface area contributed by atoms with Crippen LogP contribution in [0.4, 0.5) is 0 Å². The highest BCUT2D eigenvalue weighted by Crippen LogP contribution is 2.11. The van der Waals surface area contributed by atoms with E-state index in [1.807, 2.05) is 0 Å². The third-order valence-electron chi connectivity index (χ3n) is 3.57. The standard InChI is InChI=1S/C15H23NO6S/c17-13-10-11-14(18)16(13)12-8-6-4-2-1-3-5-7-9-15(19)22-23(20)21/h10-11H,1-9,12H2,(H,20,21)/p-1. The molecule has 1 atom stereocenters. The number of carbonyl (C=O) groups excluding carboxylic acids is 3.